The van der Waals surface area contributed by atoms with E-state index in [0.29, 0.717) is 30.3 Å². The second kappa shape index (κ2) is 7.79. The van der Waals surface area contributed by atoms with Crippen LogP contribution in [0.5, 0.6) is 0 Å². The molecule has 1 aromatic heterocycles. The summed E-state index contributed by atoms with van der Waals surface area (Å²) in [5.74, 6) is -0.871. The molecule has 5 nitrogen and oxygen atoms in total. The number of carbonyl (C=O) groups excluding carboxylic acids is 3. The van der Waals surface area contributed by atoms with Crippen LogP contribution >= 0.6 is 11.3 Å². The minimum Gasteiger partial charge on any atom is -0.348 e. The van der Waals surface area contributed by atoms with Crippen LogP contribution in [0.3, 0.4) is 0 Å². The smallest absolute Gasteiger partial charge is 0.309 e. The van der Waals surface area contributed by atoms with Gasteiger partial charge in [0, 0.05) is 18.0 Å². The summed E-state index contributed by atoms with van der Waals surface area (Å²) in [6, 6.07) is 3.64. The fraction of sp³-hybridized carbons (Fsp3) is 0.500. The maximum atomic E-state index is 11.5. The van der Waals surface area contributed by atoms with Gasteiger partial charge in [-0.05, 0) is 31.4 Å². The van der Waals surface area contributed by atoms with Gasteiger partial charge in [-0.2, -0.15) is 0 Å². The third-order valence-electron chi connectivity index (χ3n) is 2.54. The highest BCUT2D eigenvalue weighted by atomic mass is 32.1. The number of ketones is 1. The van der Waals surface area contributed by atoms with Crippen LogP contribution in [0.25, 0.3) is 0 Å². The summed E-state index contributed by atoms with van der Waals surface area (Å²) >= 11 is 1.41. The Balaban J connectivity index is 2.30. The van der Waals surface area contributed by atoms with Gasteiger partial charge in [0.15, 0.2) is 5.78 Å². The summed E-state index contributed by atoms with van der Waals surface area (Å²) in [4.78, 5) is 35.8. The van der Waals surface area contributed by atoms with E-state index in [4.69, 9.17) is 0 Å². The molecule has 20 heavy (non-hydrogen) atoms. The molecule has 0 aliphatic carbocycles. The maximum Gasteiger partial charge on any atom is 0.309 e. The van der Waals surface area contributed by atoms with Gasteiger partial charge in [-0.3, -0.25) is 14.4 Å². The zero-order valence-corrected chi connectivity index (χ0v) is 12.8. The van der Waals surface area contributed by atoms with Crippen molar-refractivity contribution in [3.8, 4) is 0 Å². The second-order valence-corrected chi connectivity index (χ2v) is 6.10. The van der Waals surface area contributed by atoms with Crippen LogP contribution in [0.1, 0.15) is 35.3 Å². The molecule has 0 radical (unpaired) electrons. The fourth-order valence-electron chi connectivity index (χ4n) is 1.46. The van der Waals surface area contributed by atoms with Crippen molar-refractivity contribution in [1.29, 1.82) is 0 Å². The number of amides is 2. The number of rotatable bonds is 6. The lowest BCUT2D eigenvalue weighted by Crippen LogP contribution is -2.41. The van der Waals surface area contributed by atoms with Crippen molar-refractivity contribution < 1.29 is 14.4 Å². The van der Waals surface area contributed by atoms with Gasteiger partial charge in [0.25, 0.3) is 0 Å². The minimum atomic E-state index is -0.617. The molecule has 0 aliphatic rings. The van der Waals surface area contributed by atoms with Crippen molar-refractivity contribution in [2.24, 2.45) is 5.92 Å². The predicted octanol–water partition coefficient (Wildman–Crippen LogP) is 1.38. The fourth-order valence-corrected chi connectivity index (χ4v) is 2.36. The van der Waals surface area contributed by atoms with E-state index in [1.54, 1.807) is 6.07 Å². The molecule has 0 spiro atoms. The van der Waals surface area contributed by atoms with E-state index in [2.05, 4.69) is 10.6 Å². The molecule has 6 heteroatoms. The standard InChI is InChI=1S/C14H20N2O3S/c1-9(2)8-16-14(19)13(18)15-7-6-11-4-5-12(20-11)10(3)17/h4-5,9H,6-8H2,1-3H3,(H,15,18)(H,16,19). The van der Waals surface area contributed by atoms with Crippen molar-refractivity contribution in [1.82, 2.24) is 10.6 Å². The Morgan fingerprint density at radius 1 is 1.15 bits per heavy atom. The monoisotopic (exact) mass is 296 g/mol. The zero-order chi connectivity index (χ0) is 15.1. The van der Waals surface area contributed by atoms with E-state index in [-0.39, 0.29) is 5.78 Å². The van der Waals surface area contributed by atoms with Crippen LogP contribution in [0.2, 0.25) is 0 Å². The average molecular weight is 296 g/mol. The van der Waals surface area contributed by atoms with Crippen molar-refractivity contribution >= 4 is 28.9 Å². The molecular weight excluding hydrogens is 276 g/mol. The quantitative estimate of drug-likeness (QED) is 0.615. The molecule has 1 rings (SSSR count). The van der Waals surface area contributed by atoms with Gasteiger partial charge >= 0.3 is 11.8 Å². The summed E-state index contributed by atoms with van der Waals surface area (Å²) in [6.45, 7) is 6.31. The summed E-state index contributed by atoms with van der Waals surface area (Å²) in [7, 11) is 0. The minimum absolute atomic E-state index is 0.0401. The average Bonchev–Trinajstić information content (AvgIpc) is 2.84. The molecular formula is C14H20N2O3S. The van der Waals surface area contributed by atoms with Crippen LogP contribution in [-0.2, 0) is 16.0 Å². The first-order valence-corrected chi connectivity index (χ1v) is 7.37. The molecule has 0 aromatic carbocycles. The molecule has 2 amide bonds. The van der Waals surface area contributed by atoms with E-state index >= 15 is 0 Å². The number of nitrogens with one attached hydrogen (secondary N) is 2. The van der Waals surface area contributed by atoms with Crippen molar-refractivity contribution in [3.05, 3.63) is 21.9 Å². The van der Waals surface area contributed by atoms with Gasteiger partial charge in [-0.15, -0.1) is 11.3 Å². The van der Waals surface area contributed by atoms with Gasteiger partial charge in [-0.1, -0.05) is 13.8 Å². The SMILES string of the molecule is CC(=O)c1ccc(CCNC(=O)C(=O)NCC(C)C)s1. The Bertz CT molecular complexity index is 494. The van der Waals surface area contributed by atoms with Crippen LogP contribution in [-0.4, -0.2) is 30.7 Å². The Morgan fingerprint density at radius 3 is 2.35 bits per heavy atom. The first kappa shape index (κ1) is 16.4. The van der Waals surface area contributed by atoms with Gasteiger partial charge in [0.1, 0.15) is 0 Å². The first-order valence-electron chi connectivity index (χ1n) is 6.55. The molecule has 1 heterocycles. The summed E-state index contributed by atoms with van der Waals surface area (Å²) in [5, 5.41) is 5.12. The zero-order valence-electron chi connectivity index (χ0n) is 12.0. The number of carbonyl (C=O) groups is 3. The largest absolute Gasteiger partial charge is 0.348 e. The topological polar surface area (TPSA) is 75.3 Å². The van der Waals surface area contributed by atoms with E-state index in [0.717, 1.165) is 4.88 Å². The van der Waals surface area contributed by atoms with Gasteiger partial charge in [0.05, 0.1) is 4.88 Å². The van der Waals surface area contributed by atoms with E-state index in [9.17, 15) is 14.4 Å². The van der Waals surface area contributed by atoms with Crippen molar-refractivity contribution in [2.75, 3.05) is 13.1 Å². The molecule has 0 bridgehead atoms. The van der Waals surface area contributed by atoms with Crippen LogP contribution in [0.4, 0.5) is 0 Å². The number of hydrogen-bond donors (Lipinski definition) is 2. The lowest BCUT2D eigenvalue weighted by atomic mass is 10.2. The Morgan fingerprint density at radius 2 is 1.80 bits per heavy atom. The Labute approximate surface area is 122 Å². The maximum absolute atomic E-state index is 11.5. The molecule has 0 saturated heterocycles. The molecule has 0 atom stereocenters. The molecule has 110 valence electrons. The number of Topliss-reactive ketones (excluding diaryl/α,β-unsaturated/α-hetero) is 1. The molecule has 1 aromatic rings. The molecule has 0 saturated carbocycles. The van der Waals surface area contributed by atoms with Gasteiger partial charge in [0.2, 0.25) is 0 Å². The highest BCUT2D eigenvalue weighted by Crippen LogP contribution is 2.16. The molecule has 0 fully saturated rings. The molecule has 0 aliphatic heterocycles. The normalized spacial score (nSPS) is 10.4. The van der Waals surface area contributed by atoms with Crippen molar-refractivity contribution in [3.63, 3.8) is 0 Å². The van der Waals surface area contributed by atoms with Gasteiger partial charge < -0.3 is 10.6 Å². The number of hydrogen-bond acceptors (Lipinski definition) is 4. The number of thiophene rings is 1. The lowest BCUT2D eigenvalue weighted by Gasteiger charge is -2.07. The second-order valence-electron chi connectivity index (χ2n) is 4.93. The van der Waals surface area contributed by atoms with Crippen molar-refractivity contribution in [2.45, 2.75) is 27.2 Å². The van der Waals surface area contributed by atoms with Crippen LogP contribution in [0.15, 0.2) is 12.1 Å². The Kier molecular flexibility index (Phi) is 6.38. The third kappa shape index (κ3) is 5.52. The van der Waals surface area contributed by atoms with E-state index in [1.807, 2.05) is 19.9 Å². The highest BCUT2D eigenvalue weighted by Gasteiger charge is 2.12. The predicted molar refractivity (Wildman–Crippen MR) is 78.9 cm³/mol. The summed E-state index contributed by atoms with van der Waals surface area (Å²) < 4.78 is 0. The highest BCUT2D eigenvalue weighted by molar-refractivity contribution is 7.14. The van der Waals surface area contributed by atoms with Crippen LogP contribution < -0.4 is 10.6 Å². The summed E-state index contributed by atoms with van der Waals surface area (Å²) in [5.41, 5.74) is 0. The lowest BCUT2D eigenvalue weighted by molar-refractivity contribution is -0.139. The molecule has 0 unspecified atom stereocenters. The Hall–Kier alpha value is -1.69. The van der Waals surface area contributed by atoms with Crippen LogP contribution in [0, 0.1) is 5.92 Å². The van der Waals surface area contributed by atoms with Gasteiger partial charge in [-0.25, -0.2) is 0 Å². The third-order valence-corrected chi connectivity index (χ3v) is 3.79. The first-order chi connectivity index (χ1) is 9.40. The van der Waals surface area contributed by atoms with E-state index in [1.165, 1.54) is 18.3 Å². The van der Waals surface area contributed by atoms with E-state index < -0.39 is 11.8 Å². The molecule has 2 N–H and O–H groups in total. The summed E-state index contributed by atoms with van der Waals surface area (Å²) in [6.07, 6.45) is 0.612.